The van der Waals surface area contributed by atoms with E-state index in [4.69, 9.17) is 31.5 Å². The number of allylic oxidation sites excluding steroid dienone is 3. The molecular weight excluding hydrogens is 910 g/mol. The Kier molecular flexibility index (Phi) is 16.6. The van der Waals surface area contributed by atoms with Gasteiger partial charge in [0.05, 0.1) is 41.7 Å². The van der Waals surface area contributed by atoms with Crippen molar-refractivity contribution in [2.45, 2.75) is 133 Å². The molecule has 4 heterocycles. The fourth-order valence-corrected chi connectivity index (χ4v) is 11.0. The summed E-state index contributed by atoms with van der Waals surface area (Å²) >= 11 is 7.96. The summed E-state index contributed by atoms with van der Waals surface area (Å²) in [7, 11) is 2.95. The average Bonchev–Trinajstić information content (AvgIpc) is 3.91. The second-order valence-electron chi connectivity index (χ2n) is 18.9. The van der Waals surface area contributed by atoms with Gasteiger partial charge in [-0.25, -0.2) is 9.59 Å². The lowest BCUT2D eigenvalue weighted by Crippen LogP contribution is -2.62. The van der Waals surface area contributed by atoms with E-state index in [1.165, 1.54) is 47.5 Å². The lowest BCUT2D eigenvalue weighted by atomic mass is 9.81. The molecule has 9 atom stereocenters. The summed E-state index contributed by atoms with van der Waals surface area (Å²) in [5.41, 5.74) is 4.46. The zero-order valence-corrected chi connectivity index (χ0v) is 40.5. The van der Waals surface area contributed by atoms with Crippen LogP contribution >= 0.6 is 23.4 Å². The smallest absolute Gasteiger partial charge is 0.409 e. The molecule has 0 aromatic heterocycles. The minimum absolute atomic E-state index is 0.0152. The maximum absolute atomic E-state index is 14.3. The van der Waals surface area contributed by atoms with E-state index in [9.17, 15) is 48.9 Å². The predicted octanol–water partition coefficient (Wildman–Crippen LogP) is 3.13. The fraction of sp³-hybridized carbons (Fsp3) is 0.638. The number of nitrogens with one attached hydrogen (secondary N) is 1. The van der Waals surface area contributed by atoms with Crippen LogP contribution in [0.5, 0.6) is 0 Å². The Hall–Kier alpha value is -4.53. The monoisotopic (exact) mass is 973 g/mol. The number of hydrogen-bond acceptors (Lipinski definition) is 14. The van der Waals surface area contributed by atoms with Crippen molar-refractivity contribution in [2.75, 3.05) is 37.9 Å². The Bertz CT molecular complexity index is 2170. The molecule has 18 nitrogen and oxygen atoms in total. The number of primary amides is 1. The van der Waals surface area contributed by atoms with E-state index in [-0.39, 0.29) is 66.1 Å². The molecule has 6 N–H and O–H groups in total. The highest BCUT2D eigenvalue weighted by Crippen LogP contribution is 2.49. The predicted molar refractivity (Wildman–Crippen MR) is 247 cm³/mol. The number of aliphatic hydroxyl groups excluding tert-OH is 2. The molecule has 4 fully saturated rings. The van der Waals surface area contributed by atoms with E-state index in [1.54, 1.807) is 44.2 Å². The van der Waals surface area contributed by atoms with Crippen molar-refractivity contribution >= 4 is 70.6 Å². The number of esters is 1. The van der Waals surface area contributed by atoms with Crippen LogP contribution in [0, 0.1) is 23.7 Å². The number of epoxide rings is 1. The number of alkyl carbamates (subject to hydrolysis) is 1. The first-order chi connectivity index (χ1) is 31.6. The Morgan fingerprint density at radius 1 is 1.10 bits per heavy atom. The molecule has 368 valence electrons. The maximum atomic E-state index is 14.3. The van der Waals surface area contributed by atoms with Crippen molar-refractivity contribution in [3.63, 3.8) is 0 Å². The number of carbonyl (C=O) groups excluding carboxylic acids is 7. The van der Waals surface area contributed by atoms with Crippen LogP contribution in [-0.4, -0.2) is 141 Å². The number of thioether (sulfide) groups is 1. The third-order valence-corrected chi connectivity index (χ3v) is 15.9. The van der Waals surface area contributed by atoms with Gasteiger partial charge >= 0.3 is 12.1 Å². The number of ether oxygens (including phenoxy) is 3. The van der Waals surface area contributed by atoms with Crippen LogP contribution < -0.4 is 16.0 Å². The molecular formula is C47H64ClN5O13S. The number of carbonyl (C=O) groups is 7. The maximum Gasteiger partial charge on any atom is 0.409 e. The van der Waals surface area contributed by atoms with Gasteiger partial charge in [0.15, 0.2) is 5.72 Å². The quantitative estimate of drug-likeness (QED) is 0.115. The van der Waals surface area contributed by atoms with Crippen LogP contribution in [-0.2, 0) is 56.0 Å². The molecule has 0 radical (unpaired) electrons. The SMILES string of the molecule is C/C1=C\C=C\[C@@H](CO)[C@@]2(O)C[C@H](OC(=O)N2)[C@@H](C)[C@@H]2O[C@@]2(C)[C@@H](OC(=O)[C@H](C)N(C)C(=O)CCSC2CC(=O)N(CC3CCC(C(N)=O)CC3)C2=O)CC(=O)N(C)c2cc(cc(CO)c2Cl)C1. The van der Waals surface area contributed by atoms with Crippen molar-refractivity contribution < 1.29 is 63.1 Å². The van der Waals surface area contributed by atoms with Gasteiger partial charge in [-0.15, -0.1) is 11.8 Å². The summed E-state index contributed by atoms with van der Waals surface area (Å²) in [6.45, 7) is 6.10. The second kappa shape index (κ2) is 21.4. The van der Waals surface area contributed by atoms with Gasteiger partial charge in [0.2, 0.25) is 29.5 Å². The van der Waals surface area contributed by atoms with E-state index in [0.29, 0.717) is 43.4 Å². The van der Waals surface area contributed by atoms with Gasteiger partial charge < -0.3 is 45.1 Å². The number of halogens is 1. The molecule has 67 heavy (non-hydrogen) atoms. The van der Waals surface area contributed by atoms with Gasteiger partial charge in [-0.2, -0.15) is 0 Å². The molecule has 20 heteroatoms. The molecule has 6 rings (SSSR count). The molecule has 3 saturated heterocycles. The Morgan fingerprint density at radius 2 is 1.81 bits per heavy atom. The van der Waals surface area contributed by atoms with Gasteiger partial charge in [-0.1, -0.05) is 48.4 Å². The highest BCUT2D eigenvalue weighted by molar-refractivity contribution is 8.00. The van der Waals surface area contributed by atoms with E-state index in [0.717, 1.165) is 11.1 Å². The number of nitrogens with two attached hydrogens (primary N) is 1. The van der Waals surface area contributed by atoms with E-state index < -0.39 is 96.3 Å². The number of likely N-dealkylation sites (tertiary alicyclic amines) is 1. The first-order valence-corrected chi connectivity index (χ1v) is 24.3. The molecule has 6 amide bonds. The van der Waals surface area contributed by atoms with Gasteiger partial charge in [-0.3, -0.25) is 34.2 Å². The summed E-state index contributed by atoms with van der Waals surface area (Å²) in [5.74, 6) is -4.15. The van der Waals surface area contributed by atoms with Crippen molar-refractivity contribution in [3.8, 4) is 0 Å². The Labute approximate surface area is 399 Å². The topological polar surface area (TPSA) is 259 Å². The third kappa shape index (κ3) is 11.7. The number of rotatable bonds is 12. The first-order valence-electron chi connectivity index (χ1n) is 22.8. The molecule has 4 bridgehead atoms. The molecule has 1 unspecified atom stereocenters. The van der Waals surface area contributed by atoms with Crippen LogP contribution in [0.4, 0.5) is 10.5 Å². The van der Waals surface area contributed by atoms with Crippen molar-refractivity contribution in [2.24, 2.45) is 29.4 Å². The van der Waals surface area contributed by atoms with Crippen molar-refractivity contribution in [3.05, 3.63) is 52.1 Å². The van der Waals surface area contributed by atoms with Crippen LogP contribution in [0.2, 0.25) is 5.02 Å². The van der Waals surface area contributed by atoms with Crippen molar-refractivity contribution in [1.29, 1.82) is 0 Å². The van der Waals surface area contributed by atoms with Gasteiger partial charge in [0.1, 0.15) is 23.9 Å². The highest BCUT2D eigenvalue weighted by Gasteiger charge is 2.64. The number of fused-ring (bicyclic) bond motifs is 5. The number of aliphatic hydroxyl groups is 3. The molecule has 1 aromatic carbocycles. The molecule has 0 spiro atoms. The van der Waals surface area contributed by atoms with Crippen molar-refractivity contribution in [1.82, 2.24) is 15.1 Å². The Balaban J connectivity index is 1.16. The van der Waals surface area contributed by atoms with Gasteiger partial charge in [0.25, 0.3) is 0 Å². The lowest BCUT2D eigenvalue weighted by Gasteiger charge is -2.42. The number of amides is 6. The molecule has 1 aliphatic carbocycles. The largest absolute Gasteiger partial charge is 0.457 e. The minimum Gasteiger partial charge on any atom is -0.457 e. The van der Waals surface area contributed by atoms with Crippen LogP contribution in [0.3, 0.4) is 0 Å². The molecule has 4 aliphatic heterocycles. The number of nitrogens with zero attached hydrogens (tertiary/aromatic N) is 3. The first kappa shape index (κ1) is 51.9. The summed E-state index contributed by atoms with van der Waals surface area (Å²) in [6.07, 6.45) is 3.61. The lowest BCUT2D eigenvalue weighted by molar-refractivity contribution is -0.162. The number of hydrogen-bond donors (Lipinski definition) is 5. The normalized spacial score (nSPS) is 33.1. The molecule has 1 saturated carbocycles. The highest BCUT2D eigenvalue weighted by atomic mass is 35.5. The number of anilines is 1. The third-order valence-electron chi connectivity index (χ3n) is 14.3. The fourth-order valence-electron chi connectivity index (χ4n) is 9.63. The Morgan fingerprint density at radius 3 is 2.46 bits per heavy atom. The summed E-state index contributed by atoms with van der Waals surface area (Å²) in [5, 5.41) is 34.4. The average molecular weight is 975 g/mol. The molecule has 1 aromatic rings. The number of likely N-dealkylation sites (N-methyl/N-ethyl adjacent to an activating group) is 1. The zero-order valence-electron chi connectivity index (χ0n) is 38.9. The molecule has 5 aliphatic rings. The zero-order chi connectivity index (χ0) is 49.1. The van der Waals surface area contributed by atoms with Crippen LogP contribution in [0.1, 0.15) is 90.2 Å². The number of imide groups is 1. The van der Waals surface area contributed by atoms with Gasteiger partial charge in [0, 0.05) is 63.4 Å². The standard InChI is InChI=1S/C47H64ClN5O13S/c1-25-8-7-9-32(24-55)47(63)21-34(64-45(62)50-47)26(2)41-46(4,66-41)36(20-38(57)52(6)33-18-29(16-25)17-31(23-54)40(33)48)65-44(61)27(3)51(5)37(56)14-15-67-35-19-39(58)53(43(35)60)22-28-10-12-30(13-11-28)42(49)59/h7-9,17-18,26-28,30,32,34-36,41,54-55,63H,10-16,19-24H2,1-6H3,(H2,49,59)(H,50,62)/b9-7+,25-8+/t26-,27+,28?,30?,32+,34+,35?,36+,41+,46+,47+/m1/s1. The summed E-state index contributed by atoms with van der Waals surface area (Å²) in [4.78, 5) is 96.3. The second-order valence-corrected chi connectivity index (χ2v) is 20.6. The van der Waals surface area contributed by atoms with E-state index in [1.807, 2.05) is 6.92 Å². The van der Waals surface area contributed by atoms with E-state index in [2.05, 4.69) is 5.32 Å². The van der Waals surface area contributed by atoms with Crippen LogP contribution in [0.15, 0.2) is 35.9 Å². The summed E-state index contributed by atoms with van der Waals surface area (Å²) in [6, 6.07) is 2.31. The van der Waals surface area contributed by atoms with Crippen LogP contribution in [0.25, 0.3) is 0 Å². The van der Waals surface area contributed by atoms with E-state index >= 15 is 0 Å². The van der Waals surface area contributed by atoms with Gasteiger partial charge in [-0.05, 0) is 76.0 Å². The number of benzene rings is 1. The minimum atomic E-state index is -1.91. The summed E-state index contributed by atoms with van der Waals surface area (Å²) < 4.78 is 18.0.